The zero-order valence-electron chi connectivity index (χ0n) is 11.2. The number of hydrogen-bond donors (Lipinski definition) is 1. The monoisotopic (exact) mass is 255 g/mol. The van der Waals surface area contributed by atoms with E-state index in [1.54, 1.807) is 27.7 Å². The van der Waals surface area contributed by atoms with E-state index in [1.165, 1.54) is 0 Å². The molecular weight excluding hydrogens is 236 g/mol. The topological polar surface area (TPSA) is 43.1 Å². The first-order valence-electron chi connectivity index (χ1n) is 5.82. The molecule has 0 atom stereocenters. The molecule has 0 unspecified atom stereocenters. The van der Waals surface area contributed by atoms with Crippen molar-refractivity contribution >= 4 is 5.78 Å². The summed E-state index contributed by atoms with van der Waals surface area (Å²) in [6.07, 6.45) is -0.156. The molecule has 0 aliphatic heterocycles. The minimum atomic E-state index is -0.814. The maximum absolute atomic E-state index is 13.5. The van der Waals surface area contributed by atoms with Crippen LogP contribution in [-0.4, -0.2) is 11.3 Å². The van der Waals surface area contributed by atoms with Gasteiger partial charge < -0.3 is 5.73 Å². The summed E-state index contributed by atoms with van der Waals surface area (Å²) in [5, 5.41) is 0. The Balaban J connectivity index is 2.98. The lowest BCUT2D eigenvalue weighted by Gasteiger charge is -2.37. The quantitative estimate of drug-likeness (QED) is 0.899. The number of ketones is 1. The van der Waals surface area contributed by atoms with Gasteiger partial charge in [-0.2, -0.15) is 0 Å². The summed E-state index contributed by atoms with van der Waals surface area (Å²) >= 11 is 0. The van der Waals surface area contributed by atoms with Crippen molar-refractivity contribution in [3.05, 3.63) is 35.4 Å². The van der Waals surface area contributed by atoms with Gasteiger partial charge in [0.2, 0.25) is 0 Å². The molecule has 0 aliphatic carbocycles. The number of Topliss-reactive ketones (excluding diaryl/α,β-unsaturated/α-hetero) is 1. The van der Waals surface area contributed by atoms with Crippen LogP contribution in [0.3, 0.4) is 0 Å². The summed E-state index contributed by atoms with van der Waals surface area (Å²) in [6, 6.07) is 3.10. The first kappa shape index (κ1) is 14.8. The van der Waals surface area contributed by atoms with Crippen LogP contribution in [0.5, 0.6) is 0 Å². The second-order valence-corrected chi connectivity index (χ2v) is 5.68. The molecule has 0 aromatic heterocycles. The van der Waals surface area contributed by atoms with Crippen LogP contribution < -0.4 is 5.73 Å². The van der Waals surface area contributed by atoms with Gasteiger partial charge in [-0.3, -0.25) is 4.79 Å². The summed E-state index contributed by atoms with van der Waals surface area (Å²) in [6.45, 7) is 6.92. The molecule has 0 heterocycles. The highest BCUT2D eigenvalue weighted by molar-refractivity contribution is 5.87. The second-order valence-electron chi connectivity index (χ2n) is 5.68. The summed E-state index contributed by atoms with van der Waals surface area (Å²) in [5.74, 6) is -1.33. The van der Waals surface area contributed by atoms with Gasteiger partial charge in [0.1, 0.15) is 17.4 Å². The molecule has 1 aromatic carbocycles. The minimum Gasteiger partial charge on any atom is -0.325 e. The molecule has 0 radical (unpaired) electrons. The molecule has 2 nitrogen and oxygen atoms in total. The fourth-order valence-electron chi connectivity index (χ4n) is 1.43. The lowest BCUT2D eigenvalue weighted by molar-refractivity contribution is -0.129. The van der Waals surface area contributed by atoms with Crippen molar-refractivity contribution in [1.29, 1.82) is 0 Å². The molecule has 1 rings (SSSR count). The van der Waals surface area contributed by atoms with Crippen molar-refractivity contribution in [3.8, 4) is 0 Å². The number of carbonyl (C=O) groups excluding carboxylic acids is 1. The molecule has 100 valence electrons. The van der Waals surface area contributed by atoms with E-state index in [0.29, 0.717) is 0 Å². The van der Waals surface area contributed by atoms with Crippen LogP contribution in [0, 0.1) is 17.0 Å². The number of halogens is 2. The van der Waals surface area contributed by atoms with Crippen LogP contribution in [0.15, 0.2) is 18.2 Å². The highest BCUT2D eigenvalue weighted by atomic mass is 19.1. The van der Waals surface area contributed by atoms with Crippen LogP contribution >= 0.6 is 0 Å². The fourth-order valence-corrected chi connectivity index (χ4v) is 1.43. The van der Waals surface area contributed by atoms with E-state index in [2.05, 4.69) is 0 Å². The van der Waals surface area contributed by atoms with Crippen molar-refractivity contribution in [2.24, 2.45) is 11.1 Å². The highest BCUT2D eigenvalue weighted by Crippen LogP contribution is 2.31. The Labute approximate surface area is 106 Å². The Kier molecular flexibility index (Phi) is 3.91. The summed E-state index contributed by atoms with van der Waals surface area (Å²) in [5.41, 5.74) is 4.47. The summed E-state index contributed by atoms with van der Waals surface area (Å²) in [4.78, 5) is 12.2. The van der Waals surface area contributed by atoms with Gasteiger partial charge in [-0.15, -0.1) is 0 Å². The van der Waals surface area contributed by atoms with Crippen LogP contribution in [0.2, 0.25) is 0 Å². The predicted molar refractivity (Wildman–Crippen MR) is 67.1 cm³/mol. The molecular formula is C14H19F2NO. The van der Waals surface area contributed by atoms with E-state index < -0.39 is 22.6 Å². The summed E-state index contributed by atoms with van der Waals surface area (Å²) < 4.78 is 26.5. The van der Waals surface area contributed by atoms with Crippen molar-refractivity contribution in [2.45, 2.75) is 39.7 Å². The number of hydrogen-bond acceptors (Lipinski definition) is 2. The van der Waals surface area contributed by atoms with E-state index in [9.17, 15) is 13.6 Å². The molecule has 2 N–H and O–H groups in total. The Morgan fingerprint density at radius 3 is 2.28 bits per heavy atom. The molecule has 4 heteroatoms. The Morgan fingerprint density at radius 2 is 1.78 bits per heavy atom. The van der Waals surface area contributed by atoms with Gasteiger partial charge >= 0.3 is 0 Å². The van der Waals surface area contributed by atoms with E-state index >= 15 is 0 Å². The van der Waals surface area contributed by atoms with E-state index in [0.717, 1.165) is 18.2 Å². The SMILES string of the molecule is CC(C)(N)C(C)(C)C(=O)Cc1cc(F)ccc1F. The third kappa shape index (κ3) is 2.93. The van der Waals surface area contributed by atoms with Crippen molar-refractivity contribution in [2.75, 3.05) is 0 Å². The average Bonchev–Trinajstić information content (AvgIpc) is 2.21. The molecule has 0 saturated carbocycles. The molecule has 0 bridgehead atoms. The number of benzene rings is 1. The normalized spacial score (nSPS) is 12.6. The third-order valence-electron chi connectivity index (χ3n) is 3.67. The van der Waals surface area contributed by atoms with Crippen molar-refractivity contribution in [1.82, 2.24) is 0 Å². The third-order valence-corrected chi connectivity index (χ3v) is 3.67. The van der Waals surface area contributed by atoms with E-state index in [4.69, 9.17) is 5.73 Å². The highest BCUT2D eigenvalue weighted by Gasteiger charge is 2.39. The van der Waals surface area contributed by atoms with Crippen LogP contribution in [0.25, 0.3) is 0 Å². The predicted octanol–water partition coefficient (Wildman–Crippen LogP) is 2.84. The lowest BCUT2D eigenvalue weighted by Crippen LogP contribution is -2.52. The largest absolute Gasteiger partial charge is 0.325 e. The molecule has 0 saturated heterocycles. The van der Waals surface area contributed by atoms with Gasteiger partial charge in [0, 0.05) is 17.4 Å². The number of rotatable bonds is 4. The molecule has 0 aliphatic rings. The van der Waals surface area contributed by atoms with Gasteiger partial charge in [-0.25, -0.2) is 8.78 Å². The maximum Gasteiger partial charge on any atom is 0.144 e. The first-order chi connectivity index (χ1) is 8.05. The van der Waals surface area contributed by atoms with E-state index in [-0.39, 0.29) is 17.8 Å². The molecule has 0 amide bonds. The Bertz CT molecular complexity index is 461. The van der Waals surface area contributed by atoms with E-state index in [1.807, 2.05) is 0 Å². The molecule has 0 spiro atoms. The van der Waals surface area contributed by atoms with Gasteiger partial charge in [-0.1, -0.05) is 13.8 Å². The van der Waals surface area contributed by atoms with Gasteiger partial charge in [0.05, 0.1) is 0 Å². The molecule has 18 heavy (non-hydrogen) atoms. The van der Waals surface area contributed by atoms with Crippen LogP contribution in [0.1, 0.15) is 33.3 Å². The number of nitrogens with two attached hydrogens (primary N) is 1. The average molecular weight is 255 g/mol. The van der Waals surface area contributed by atoms with Gasteiger partial charge in [-0.05, 0) is 37.6 Å². The summed E-state index contributed by atoms with van der Waals surface area (Å²) in [7, 11) is 0. The van der Waals surface area contributed by atoms with Crippen molar-refractivity contribution in [3.63, 3.8) is 0 Å². The van der Waals surface area contributed by atoms with Crippen LogP contribution in [0.4, 0.5) is 8.78 Å². The minimum absolute atomic E-state index is 0.0670. The van der Waals surface area contributed by atoms with Crippen LogP contribution in [-0.2, 0) is 11.2 Å². The fraction of sp³-hybridized carbons (Fsp3) is 0.500. The van der Waals surface area contributed by atoms with Gasteiger partial charge in [0.15, 0.2) is 0 Å². The maximum atomic E-state index is 13.5. The zero-order chi connectivity index (χ0) is 14.1. The number of carbonyl (C=O) groups is 1. The molecule has 0 fully saturated rings. The molecule has 1 aromatic rings. The smallest absolute Gasteiger partial charge is 0.144 e. The Morgan fingerprint density at radius 1 is 1.22 bits per heavy atom. The zero-order valence-corrected chi connectivity index (χ0v) is 11.2. The Hall–Kier alpha value is -1.29. The first-order valence-corrected chi connectivity index (χ1v) is 5.82. The standard InChI is InChI=1S/C14H19F2NO/c1-13(2,14(3,4)17)12(18)8-9-7-10(15)5-6-11(9)16/h5-7H,8,17H2,1-4H3. The van der Waals surface area contributed by atoms with Crippen molar-refractivity contribution < 1.29 is 13.6 Å². The lowest BCUT2D eigenvalue weighted by atomic mass is 9.71. The van der Waals surface area contributed by atoms with Gasteiger partial charge in [0.25, 0.3) is 0 Å². The second kappa shape index (κ2) is 4.76.